The van der Waals surface area contributed by atoms with Crippen molar-refractivity contribution in [3.05, 3.63) is 36.4 Å². The lowest BCUT2D eigenvalue weighted by Crippen LogP contribution is -1.96. The molecule has 0 aliphatic carbocycles. The summed E-state index contributed by atoms with van der Waals surface area (Å²) in [6.45, 7) is 0. The lowest BCUT2D eigenvalue weighted by Gasteiger charge is -2.05. The third kappa shape index (κ3) is 2.14. The van der Waals surface area contributed by atoms with Gasteiger partial charge in [-0.15, -0.1) is 10.2 Å². The molecule has 4 N–H and O–H groups in total. The van der Waals surface area contributed by atoms with E-state index >= 15 is 0 Å². The Morgan fingerprint density at radius 2 is 1.73 bits per heavy atom. The molecule has 5 heteroatoms. The highest BCUT2D eigenvalue weighted by molar-refractivity contribution is 5.53. The number of nitrogen functional groups attached to an aromatic ring is 2. The van der Waals surface area contributed by atoms with Crippen molar-refractivity contribution in [1.82, 2.24) is 10.2 Å². The Morgan fingerprint density at radius 1 is 0.933 bits per heavy atom. The number of aromatic nitrogens is 2. The molecule has 15 heavy (non-hydrogen) atoms. The zero-order chi connectivity index (χ0) is 10.7. The summed E-state index contributed by atoms with van der Waals surface area (Å²) in [4.78, 5) is 0. The van der Waals surface area contributed by atoms with Crippen molar-refractivity contribution in [2.45, 2.75) is 0 Å². The zero-order valence-corrected chi connectivity index (χ0v) is 7.92. The van der Waals surface area contributed by atoms with Gasteiger partial charge in [0.15, 0.2) is 5.75 Å². The summed E-state index contributed by atoms with van der Waals surface area (Å²) in [5, 5.41) is 7.43. The highest BCUT2D eigenvalue weighted by atomic mass is 16.5. The van der Waals surface area contributed by atoms with Gasteiger partial charge in [-0.1, -0.05) is 12.1 Å². The Kier molecular flexibility index (Phi) is 2.37. The fraction of sp³-hybridized carbons (Fsp3) is 0. The van der Waals surface area contributed by atoms with Crippen LogP contribution in [0.4, 0.5) is 11.5 Å². The monoisotopic (exact) mass is 202 g/mol. The summed E-state index contributed by atoms with van der Waals surface area (Å²) in [6, 6.07) is 10.4. The quantitative estimate of drug-likeness (QED) is 0.719. The average Bonchev–Trinajstić information content (AvgIpc) is 2.25. The van der Waals surface area contributed by atoms with Gasteiger partial charge in [0.05, 0.1) is 5.69 Å². The molecule has 0 saturated carbocycles. The van der Waals surface area contributed by atoms with Crippen LogP contribution in [-0.4, -0.2) is 10.2 Å². The zero-order valence-electron chi connectivity index (χ0n) is 7.92. The van der Waals surface area contributed by atoms with Crippen LogP contribution in [-0.2, 0) is 0 Å². The van der Waals surface area contributed by atoms with Crippen molar-refractivity contribution >= 4 is 11.5 Å². The number of para-hydroxylation sites is 2. The highest BCUT2D eigenvalue weighted by Crippen LogP contribution is 2.24. The molecule has 5 nitrogen and oxygen atoms in total. The number of hydrogen-bond donors (Lipinski definition) is 2. The van der Waals surface area contributed by atoms with E-state index in [0.29, 0.717) is 23.1 Å². The fourth-order valence-electron chi connectivity index (χ4n) is 1.07. The third-order valence-electron chi connectivity index (χ3n) is 1.79. The molecule has 1 aromatic carbocycles. The van der Waals surface area contributed by atoms with Gasteiger partial charge in [0, 0.05) is 6.07 Å². The summed E-state index contributed by atoms with van der Waals surface area (Å²) < 4.78 is 5.41. The van der Waals surface area contributed by atoms with Gasteiger partial charge in [0.25, 0.3) is 0 Å². The Labute approximate surface area is 86.7 Å². The van der Waals surface area contributed by atoms with E-state index < -0.39 is 0 Å². The molecule has 0 aliphatic rings. The van der Waals surface area contributed by atoms with Crippen molar-refractivity contribution in [3.8, 4) is 11.6 Å². The molecule has 0 amide bonds. The highest BCUT2D eigenvalue weighted by Gasteiger charge is 2.01. The van der Waals surface area contributed by atoms with Crippen molar-refractivity contribution in [1.29, 1.82) is 0 Å². The van der Waals surface area contributed by atoms with Gasteiger partial charge in [-0.3, -0.25) is 0 Å². The molecule has 0 spiro atoms. The second-order valence-electron chi connectivity index (χ2n) is 2.94. The van der Waals surface area contributed by atoms with Crippen LogP contribution in [0.15, 0.2) is 36.4 Å². The van der Waals surface area contributed by atoms with Crippen LogP contribution in [0.3, 0.4) is 0 Å². The molecule has 0 unspecified atom stereocenters. The molecule has 1 aromatic heterocycles. The van der Waals surface area contributed by atoms with E-state index in [2.05, 4.69) is 10.2 Å². The number of ether oxygens (including phenoxy) is 1. The fourth-order valence-corrected chi connectivity index (χ4v) is 1.07. The molecule has 76 valence electrons. The lowest BCUT2D eigenvalue weighted by atomic mass is 10.3. The minimum absolute atomic E-state index is 0.350. The first-order chi connectivity index (χ1) is 7.25. The van der Waals surface area contributed by atoms with Gasteiger partial charge in [0.1, 0.15) is 5.82 Å². The van der Waals surface area contributed by atoms with E-state index in [9.17, 15) is 0 Å². The van der Waals surface area contributed by atoms with Crippen LogP contribution in [0.25, 0.3) is 0 Å². The molecule has 2 rings (SSSR count). The Hall–Kier alpha value is -2.30. The summed E-state index contributed by atoms with van der Waals surface area (Å²) in [6.07, 6.45) is 0. The maximum Gasteiger partial charge on any atom is 0.239 e. The first-order valence-electron chi connectivity index (χ1n) is 4.37. The first kappa shape index (κ1) is 9.26. The number of nitrogens with two attached hydrogens (primary N) is 2. The van der Waals surface area contributed by atoms with Crippen LogP contribution in [0.1, 0.15) is 0 Å². The number of anilines is 2. The van der Waals surface area contributed by atoms with Gasteiger partial charge in [-0.2, -0.15) is 0 Å². The molecule has 0 aliphatic heterocycles. The lowest BCUT2D eigenvalue weighted by molar-refractivity contribution is 0.458. The van der Waals surface area contributed by atoms with Crippen molar-refractivity contribution in [2.75, 3.05) is 11.5 Å². The summed E-state index contributed by atoms with van der Waals surface area (Å²) in [7, 11) is 0. The van der Waals surface area contributed by atoms with Crippen LogP contribution >= 0.6 is 0 Å². The number of rotatable bonds is 2. The number of benzene rings is 1. The molecule has 2 aromatic rings. The molecule has 1 heterocycles. The summed E-state index contributed by atoms with van der Waals surface area (Å²) in [5.74, 6) is 1.27. The predicted molar refractivity (Wildman–Crippen MR) is 57.4 cm³/mol. The van der Waals surface area contributed by atoms with Crippen molar-refractivity contribution in [3.63, 3.8) is 0 Å². The van der Waals surface area contributed by atoms with Crippen LogP contribution in [0, 0.1) is 0 Å². The normalized spacial score (nSPS) is 9.87. The number of nitrogens with zero attached hydrogens (tertiary/aromatic N) is 2. The largest absolute Gasteiger partial charge is 0.435 e. The van der Waals surface area contributed by atoms with Crippen LogP contribution in [0.2, 0.25) is 0 Å². The molecule has 0 fully saturated rings. The first-order valence-corrected chi connectivity index (χ1v) is 4.37. The summed E-state index contributed by atoms with van der Waals surface area (Å²) >= 11 is 0. The van der Waals surface area contributed by atoms with E-state index in [1.165, 1.54) is 0 Å². The smallest absolute Gasteiger partial charge is 0.239 e. The van der Waals surface area contributed by atoms with Crippen molar-refractivity contribution < 1.29 is 4.74 Å². The van der Waals surface area contributed by atoms with Gasteiger partial charge in [-0.05, 0) is 18.2 Å². The van der Waals surface area contributed by atoms with Gasteiger partial charge < -0.3 is 16.2 Å². The number of hydrogen-bond acceptors (Lipinski definition) is 5. The van der Waals surface area contributed by atoms with Gasteiger partial charge >= 0.3 is 0 Å². The minimum Gasteiger partial charge on any atom is -0.435 e. The maximum atomic E-state index is 5.70. The van der Waals surface area contributed by atoms with Gasteiger partial charge in [-0.25, -0.2) is 0 Å². The molecule has 0 bridgehead atoms. The molecular weight excluding hydrogens is 192 g/mol. The van der Waals surface area contributed by atoms with Crippen LogP contribution < -0.4 is 16.2 Å². The Morgan fingerprint density at radius 3 is 2.40 bits per heavy atom. The van der Waals surface area contributed by atoms with E-state index in [4.69, 9.17) is 16.2 Å². The third-order valence-corrected chi connectivity index (χ3v) is 1.79. The predicted octanol–water partition coefficient (Wildman–Crippen LogP) is 1.43. The molecular formula is C10H10N4O. The van der Waals surface area contributed by atoms with Gasteiger partial charge in [0.2, 0.25) is 5.88 Å². The van der Waals surface area contributed by atoms with E-state index in [1.54, 1.807) is 24.3 Å². The Bertz CT molecular complexity index is 455. The SMILES string of the molecule is Nc1ccc(Oc2ccccc2N)nn1. The van der Waals surface area contributed by atoms with Crippen LogP contribution in [0.5, 0.6) is 11.6 Å². The topological polar surface area (TPSA) is 87.0 Å². The average molecular weight is 202 g/mol. The van der Waals surface area contributed by atoms with E-state index in [-0.39, 0.29) is 0 Å². The molecule has 0 saturated heterocycles. The molecule has 0 radical (unpaired) electrons. The minimum atomic E-state index is 0.350. The second-order valence-corrected chi connectivity index (χ2v) is 2.94. The maximum absolute atomic E-state index is 5.70. The standard InChI is InChI=1S/C10H10N4O/c11-7-3-1-2-4-8(7)15-10-6-5-9(12)13-14-10/h1-6H,11H2,(H2,12,13). The van der Waals surface area contributed by atoms with E-state index in [0.717, 1.165) is 0 Å². The van der Waals surface area contributed by atoms with E-state index in [1.807, 2.05) is 12.1 Å². The van der Waals surface area contributed by atoms with Crippen molar-refractivity contribution in [2.24, 2.45) is 0 Å². The molecule has 0 atom stereocenters. The Balaban J connectivity index is 2.22. The second kappa shape index (κ2) is 3.83. The summed E-state index contributed by atoms with van der Waals surface area (Å²) in [5.41, 5.74) is 11.6.